The van der Waals surface area contributed by atoms with Crippen molar-refractivity contribution in [2.45, 2.75) is 20.8 Å². The molecule has 0 saturated heterocycles. The van der Waals surface area contributed by atoms with Crippen LogP contribution in [-0.4, -0.2) is 9.72 Å². The quantitative estimate of drug-likeness (QED) is 0.725. The van der Waals surface area contributed by atoms with E-state index in [2.05, 4.69) is 49.7 Å². The molecule has 0 radical (unpaired) electrons. The van der Waals surface area contributed by atoms with Crippen LogP contribution < -0.4 is 5.73 Å². The normalized spacial score (nSPS) is 11.4. The number of fused-ring (bicyclic) bond motifs is 1. The Bertz CT molecular complexity index is 780. The van der Waals surface area contributed by atoms with Crippen molar-refractivity contribution in [2.24, 2.45) is 7.05 Å². The maximum Gasteiger partial charge on any atom is 0.171 e. The molecule has 2 aromatic heterocycles. The van der Waals surface area contributed by atoms with Gasteiger partial charge in [0.25, 0.3) is 0 Å². The fraction of sp³-hybridized carbons (Fsp3) is 0.267. The van der Waals surface area contributed by atoms with Gasteiger partial charge in [0.2, 0.25) is 0 Å². The lowest BCUT2D eigenvalue weighted by molar-refractivity contribution is 0.436. The van der Waals surface area contributed by atoms with Gasteiger partial charge in [-0.1, -0.05) is 11.2 Å². The SMILES string of the molecule is Cc1cc(C)c2c(-c3cc(N)no3)c(C)n(C)c2c1. The molecule has 19 heavy (non-hydrogen) atoms. The molecule has 2 N–H and O–H groups in total. The predicted octanol–water partition coefficient (Wildman–Crippen LogP) is 3.34. The number of nitrogens with zero attached hydrogens (tertiary/aromatic N) is 2. The van der Waals surface area contributed by atoms with Gasteiger partial charge < -0.3 is 14.8 Å². The van der Waals surface area contributed by atoms with Crippen LogP contribution in [0.4, 0.5) is 5.82 Å². The molecule has 0 spiro atoms. The van der Waals surface area contributed by atoms with Crippen LogP contribution in [0.3, 0.4) is 0 Å². The average molecular weight is 255 g/mol. The lowest BCUT2D eigenvalue weighted by Gasteiger charge is -2.02. The molecule has 4 heteroatoms. The van der Waals surface area contributed by atoms with Gasteiger partial charge in [-0.15, -0.1) is 0 Å². The number of anilines is 1. The molecule has 0 saturated carbocycles. The lowest BCUT2D eigenvalue weighted by Crippen LogP contribution is -1.90. The minimum atomic E-state index is 0.413. The average Bonchev–Trinajstić information content (AvgIpc) is 2.85. The van der Waals surface area contributed by atoms with Crippen molar-refractivity contribution in [3.8, 4) is 11.3 Å². The third-order valence-electron chi connectivity index (χ3n) is 3.71. The van der Waals surface area contributed by atoms with E-state index in [1.807, 2.05) is 0 Å². The molecule has 1 aromatic carbocycles. The van der Waals surface area contributed by atoms with E-state index in [0.29, 0.717) is 5.82 Å². The minimum absolute atomic E-state index is 0.413. The highest BCUT2D eigenvalue weighted by molar-refractivity contribution is 5.99. The first-order valence-electron chi connectivity index (χ1n) is 6.28. The highest BCUT2D eigenvalue weighted by Gasteiger charge is 2.19. The summed E-state index contributed by atoms with van der Waals surface area (Å²) in [5.74, 6) is 1.14. The fourth-order valence-electron chi connectivity index (χ4n) is 2.77. The third kappa shape index (κ3) is 1.63. The number of benzene rings is 1. The maximum absolute atomic E-state index is 5.67. The molecule has 0 aliphatic rings. The summed E-state index contributed by atoms with van der Waals surface area (Å²) in [6.45, 7) is 6.32. The first kappa shape index (κ1) is 11.8. The van der Waals surface area contributed by atoms with E-state index in [0.717, 1.165) is 17.0 Å². The number of hydrogen-bond donors (Lipinski definition) is 1. The molecule has 0 fully saturated rings. The molecule has 3 aromatic rings. The molecule has 0 aliphatic heterocycles. The molecule has 98 valence electrons. The summed E-state index contributed by atoms with van der Waals surface area (Å²) < 4.78 is 7.53. The first-order valence-corrected chi connectivity index (χ1v) is 6.28. The highest BCUT2D eigenvalue weighted by atomic mass is 16.5. The second-order valence-electron chi connectivity index (χ2n) is 5.11. The Morgan fingerprint density at radius 2 is 1.89 bits per heavy atom. The number of nitrogen functional groups attached to an aromatic ring is 1. The maximum atomic E-state index is 5.67. The van der Waals surface area contributed by atoms with Crippen LogP contribution in [0.15, 0.2) is 22.7 Å². The third-order valence-corrected chi connectivity index (χ3v) is 3.71. The van der Waals surface area contributed by atoms with Crippen molar-refractivity contribution in [3.63, 3.8) is 0 Å². The Hall–Kier alpha value is -2.23. The van der Waals surface area contributed by atoms with Crippen molar-refractivity contribution in [2.75, 3.05) is 5.73 Å². The van der Waals surface area contributed by atoms with E-state index in [4.69, 9.17) is 10.3 Å². The number of nitrogens with two attached hydrogens (primary N) is 1. The molecule has 0 amide bonds. The van der Waals surface area contributed by atoms with Gasteiger partial charge in [-0.25, -0.2) is 0 Å². The Labute approximate surface area is 111 Å². The van der Waals surface area contributed by atoms with Gasteiger partial charge in [-0.05, 0) is 38.0 Å². The van der Waals surface area contributed by atoms with Gasteiger partial charge in [0, 0.05) is 35.3 Å². The Morgan fingerprint density at radius 1 is 1.16 bits per heavy atom. The molecule has 4 nitrogen and oxygen atoms in total. The van der Waals surface area contributed by atoms with Gasteiger partial charge in [0.05, 0.1) is 0 Å². The molecule has 0 unspecified atom stereocenters. The summed E-state index contributed by atoms with van der Waals surface area (Å²) in [5, 5.41) is 5.00. The van der Waals surface area contributed by atoms with Crippen molar-refractivity contribution in [1.82, 2.24) is 9.72 Å². The number of rotatable bonds is 1. The lowest BCUT2D eigenvalue weighted by atomic mass is 10.0. The summed E-state index contributed by atoms with van der Waals surface area (Å²) in [5.41, 5.74) is 11.6. The summed E-state index contributed by atoms with van der Waals surface area (Å²) >= 11 is 0. The topological polar surface area (TPSA) is 57.0 Å². The molecule has 2 heterocycles. The van der Waals surface area contributed by atoms with Gasteiger partial charge in [0.1, 0.15) is 0 Å². The monoisotopic (exact) mass is 255 g/mol. The molecule has 3 rings (SSSR count). The second-order valence-corrected chi connectivity index (χ2v) is 5.11. The van der Waals surface area contributed by atoms with E-state index >= 15 is 0 Å². The van der Waals surface area contributed by atoms with Crippen LogP contribution in [0, 0.1) is 20.8 Å². The van der Waals surface area contributed by atoms with E-state index < -0.39 is 0 Å². The van der Waals surface area contributed by atoms with E-state index in [1.165, 1.54) is 22.0 Å². The van der Waals surface area contributed by atoms with Gasteiger partial charge in [-0.2, -0.15) is 0 Å². The number of hydrogen-bond acceptors (Lipinski definition) is 3. The summed E-state index contributed by atoms with van der Waals surface area (Å²) in [7, 11) is 2.07. The molecular formula is C15H17N3O. The summed E-state index contributed by atoms with van der Waals surface area (Å²) in [4.78, 5) is 0. The Balaban J connectivity index is 2.45. The van der Waals surface area contributed by atoms with E-state index in [-0.39, 0.29) is 0 Å². The zero-order valence-electron chi connectivity index (χ0n) is 11.6. The van der Waals surface area contributed by atoms with Crippen LogP contribution in [0.1, 0.15) is 16.8 Å². The van der Waals surface area contributed by atoms with Crippen LogP contribution in [0.5, 0.6) is 0 Å². The molecule has 0 aliphatic carbocycles. The van der Waals surface area contributed by atoms with Crippen LogP contribution >= 0.6 is 0 Å². The largest absolute Gasteiger partial charge is 0.381 e. The molecular weight excluding hydrogens is 238 g/mol. The molecule has 0 bridgehead atoms. The van der Waals surface area contributed by atoms with Gasteiger partial charge >= 0.3 is 0 Å². The van der Waals surface area contributed by atoms with E-state index in [9.17, 15) is 0 Å². The fourth-order valence-corrected chi connectivity index (χ4v) is 2.77. The summed E-state index contributed by atoms with van der Waals surface area (Å²) in [6, 6.07) is 6.16. The van der Waals surface area contributed by atoms with Crippen molar-refractivity contribution in [3.05, 3.63) is 35.0 Å². The van der Waals surface area contributed by atoms with Crippen molar-refractivity contribution < 1.29 is 4.52 Å². The summed E-state index contributed by atoms with van der Waals surface area (Å²) in [6.07, 6.45) is 0. The second kappa shape index (κ2) is 3.88. The van der Waals surface area contributed by atoms with Gasteiger partial charge in [-0.3, -0.25) is 0 Å². The Kier molecular flexibility index (Phi) is 2.42. The zero-order valence-corrected chi connectivity index (χ0v) is 11.6. The smallest absolute Gasteiger partial charge is 0.171 e. The van der Waals surface area contributed by atoms with Crippen molar-refractivity contribution >= 4 is 16.7 Å². The van der Waals surface area contributed by atoms with Crippen molar-refractivity contribution in [1.29, 1.82) is 0 Å². The molecule has 0 atom stereocenters. The zero-order chi connectivity index (χ0) is 13.7. The predicted molar refractivity (Wildman–Crippen MR) is 77.0 cm³/mol. The number of aryl methyl sites for hydroxylation is 3. The van der Waals surface area contributed by atoms with E-state index in [1.54, 1.807) is 6.07 Å². The minimum Gasteiger partial charge on any atom is -0.381 e. The highest BCUT2D eigenvalue weighted by Crippen LogP contribution is 2.37. The number of aromatic nitrogens is 2. The van der Waals surface area contributed by atoms with Gasteiger partial charge in [0.15, 0.2) is 11.6 Å². The van der Waals surface area contributed by atoms with Crippen LogP contribution in [0.25, 0.3) is 22.2 Å². The first-order chi connectivity index (χ1) is 8.99. The van der Waals surface area contributed by atoms with Crippen LogP contribution in [-0.2, 0) is 7.05 Å². The van der Waals surface area contributed by atoms with Crippen LogP contribution in [0.2, 0.25) is 0 Å². The Morgan fingerprint density at radius 3 is 2.53 bits per heavy atom. The standard InChI is InChI=1S/C15H17N3O/c1-8-5-9(2)14-11(6-8)18(4)10(3)15(14)12-7-13(16)17-19-12/h5-7H,1-4H3,(H2,16,17).